The average Bonchev–Trinajstić information content (AvgIpc) is 2.78. The summed E-state index contributed by atoms with van der Waals surface area (Å²) in [5.41, 5.74) is -3.87. The van der Waals surface area contributed by atoms with Crippen LogP contribution >= 0.6 is 0 Å². The van der Waals surface area contributed by atoms with E-state index in [4.69, 9.17) is 0 Å². The van der Waals surface area contributed by atoms with Gasteiger partial charge in [0.25, 0.3) is 0 Å². The minimum absolute atomic E-state index is 0.264. The zero-order chi connectivity index (χ0) is 14.3. The van der Waals surface area contributed by atoms with Gasteiger partial charge in [0.2, 0.25) is 0 Å². The number of hydrogen-bond acceptors (Lipinski definition) is 1. The number of halogens is 6. The molecular weight excluding hydrogens is 274 g/mol. The minimum atomic E-state index is -4.88. The first-order valence-electron chi connectivity index (χ1n) is 5.01. The second-order valence-electron chi connectivity index (χ2n) is 3.74. The summed E-state index contributed by atoms with van der Waals surface area (Å²) in [5.74, 6) is 0. The van der Waals surface area contributed by atoms with Crippen molar-refractivity contribution in [3.63, 3.8) is 0 Å². The molecule has 1 aromatic heterocycles. The fourth-order valence-electron chi connectivity index (χ4n) is 1.74. The van der Waals surface area contributed by atoms with E-state index in [0.29, 0.717) is 12.1 Å². The third-order valence-electron chi connectivity index (χ3n) is 2.49. The van der Waals surface area contributed by atoms with E-state index < -0.39 is 29.0 Å². The number of furan rings is 1. The molecule has 0 spiro atoms. The van der Waals surface area contributed by atoms with Crippen LogP contribution in [0.25, 0.3) is 11.1 Å². The van der Waals surface area contributed by atoms with Gasteiger partial charge in [-0.2, -0.15) is 26.3 Å². The lowest BCUT2D eigenvalue weighted by molar-refractivity contribution is -0.142. The summed E-state index contributed by atoms with van der Waals surface area (Å²) in [6, 6.07) is 3.00. The molecule has 0 radical (unpaired) electrons. The smallest absolute Gasteiger partial charge is 0.417 e. The molecule has 0 aliphatic rings. The lowest BCUT2D eigenvalue weighted by Gasteiger charge is -2.17. The number of benzene rings is 1. The molecule has 0 atom stereocenters. The van der Waals surface area contributed by atoms with Crippen LogP contribution in [-0.4, -0.2) is 0 Å². The Labute approximate surface area is 103 Å². The summed E-state index contributed by atoms with van der Waals surface area (Å²) in [6.45, 7) is 0. The maximum absolute atomic E-state index is 12.8. The van der Waals surface area contributed by atoms with Crippen molar-refractivity contribution in [2.75, 3.05) is 0 Å². The molecule has 0 bridgehead atoms. The van der Waals surface area contributed by atoms with Crippen LogP contribution in [-0.2, 0) is 12.4 Å². The summed E-state index contributed by atoms with van der Waals surface area (Å²) >= 11 is 0. The Bertz CT molecular complexity index is 533. The van der Waals surface area contributed by atoms with Crippen molar-refractivity contribution >= 4 is 0 Å². The van der Waals surface area contributed by atoms with Crippen molar-refractivity contribution in [2.24, 2.45) is 0 Å². The van der Waals surface area contributed by atoms with Gasteiger partial charge in [-0.15, -0.1) is 0 Å². The quantitative estimate of drug-likeness (QED) is 0.671. The van der Waals surface area contributed by atoms with Gasteiger partial charge in [0.1, 0.15) is 0 Å². The highest BCUT2D eigenvalue weighted by atomic mass is 19.4. The molecule has 0 N–H and O–H groups in total. The van der Waals surface area contributed by atoms with Gasteiger partial charge in [-0.3, -0.25) is 0 Å². The summed E-state index contributed by atoms with van der Waals surface area (Å²) in [7, 11) is 0. The Morgan fingerprint density at radius 3 is 1.68 bits per heavy atom. The summed E-state index contributed by atoms with van der Waals surface area (Å²) in [6.07, 6.45) is -7.90. The topological polar surface area (TPSA) is 13.1 Å². The first-order chi connectivity index (χ1) is 8.71. The maximum Gasteiger partial charge on any atom is 0.417 e. The fraction of sp³-hybridized carbons (Fsp3) is 0.167. The van der Waals surface area contributed by atoms with E-state index in [1.54, 1.807) is 0 Å². The van der Waals surface area contributed by atoms with E-state index in [1.165, 1.54) is 0 Å². The van der Waals surface area contributed by atoms with E-state index in [9.17, 15) is 26.3 Å². The molecule has 0 saturated carbocycles. The average molecular weight is 280 g/mol. The lowest BCUT2D eigenvalue weighted by atomic mass is 9.95. The summed E-state index contributed by atoms with van der Waals surface area (Å²) < 4.78 is 81.4. The van der Waals surface area contributed by atoms with Gasteiger partial charge < -0.3 is 4.42 Å². The third kappa shape index (κ3) is 2.59. The molecule has 1 aromatic carbocycles. The highest BCUT2D eigenvalue weighted by Gasteiger charge is 2.41. The van der Waals surface area contributed by atoms with Crippen LogP contribution in [0.3, 0.4) is 0 Å². The second-order valence-corrected chi connectivity index (χ2v) is 3.74. The first-order valence-corrected chi connectivity index (χ1v) is 5.01. The van der Waals surface area contributed by atoms with Gasteiger partial charge in [0, 0.05) is 11.1 Å². The van der Waals surface area contributed by atoms with E-state index in [1.807, 2.05) is 0 Å². The molecule has 102 valence electrons. The van der Waals surface area contributed by atoms with Crippen molar-refractivity contribution in [1.82, 2.24) is 0 Å². The zero-order valence-corrected chi connectivity index (χ0v) is 9.14. The van der Waals surface area contributed by atoms with Crippen molar-refractivity contribution in [2.45, 2.75) is 12.4 Å². The van der Waals surface area contributed by atoms with Gasteiger partial charge in [0.15, 0.2) is 0 Å². The molecule has 0 aliphatic carbocycles. The Kier molecular flexibility index (Phi) is 3.07. The Hall–Kier alpha value is -1.92. The van der Waals surface area contributed by atoms with Crippen molar-refractivity contribution in [3.05, 3.63) is 47.9 Å². The van der Waals surface area contributed by atoms with E-state index in [0.717, 1.165) is 24.7 Å². The minimum Gasteiger partial charge on any atom is -0.472 e. The van der Waals surface area contributed by atoms with Crippen LogP contribution in [0.15, 0.2) is 41.2 Å². The third-order valence-corrected chi connectivity index (χ3v) is 2.49. The molecule has 2 rings (SSSR count). The van der Waals surface area contributed by atoms with Crippen molar-refractivity contribution in [3.8, 4) is 11.1 Å². The molecule has 0 fully saturated rings. The van der Waals surface area contributed by atoms with Gasteiger partial charge in [-0.25, -0.2) is 0 Å². The summed E-state index contributed by atoms with van der Waals surface area (Å²) in [5, 5.41) is 0. The molecule has 0 amide bonds. The monoisotopic (exact) mass is 280 g/mol. The predicted molar refractivity (Wildman–Crippen MR) is 54.1 cm³/mol. The van der Waals surface area contributed by atoms with Gasteiger partial charge in [-0.1, -0.05) is 6.07 Å². The Balaban J connectivity index is 2.78. The number of hydrogen-bond donors (Lipinski definition) is 0. The Morgan fingerprint density at radius 1 is 0.789 bits per heavy atom. The van der Waals surface area contributed by atoms with Gasteiger partial charge >= 0.3 is 12.4 Å². The molecule has 1 heterocycles. The van der Waals surface area contributed by atoms with Gasteiger partial charge in [0.05, 0.1) is 23.7 Å². The van der Waals surface area contributed by atoms with Gasteiger partial charge in [-0.05, 0) is 18.2 Å². The largest absolute Gasteiger partial charge is 0.472 e. The normalized spacial score (nSPS) is 12.7. The van der Waals surface area contributed by atoms with Crippen LogP contribution in [0.2, 0.25) is 0 Å². The van der Waals surface area contributed by atoms with Crippen LogP contribution < -0.4 is 0 Å². The summed E-state index contributed by atoms with van der Waals surface area (Å²) in [4.78, 5) is 0. The molecule has 1 nitrogen and oxygen atoms in total. The predicted octanol–water partition coefficient (Wildman–Crippen LogP) is 4.98. The standard InChI is InChI=1S/C12H6F6O/c13-11(14,15)8-2-1-3-9(12(16,17)18)10(8)7-4-5-19-6-7/h1-6H. The van der Waals surface area contributed by atoms with Crippen LogP contribution in [0.1, 0.15) is 11.1 Å². The Morgan fingerprint density at radius 2 is 1.32 bits per heavy atom. The van der Waals surface area contributed by atoms with Crippen molar-refractivity contribution < 1.29 is 30.8 Å². The highest BCUT2D eigenvalue weighted by molar-refractivity contribution is 5.71. The lowest BCUT2D eigenvalue weighted by Crippen LogP contribution is -2.13. The molecule has 0 aliphatic heterocycles. The van der Waals surface area contributed by atoms with Crippen LogP contribution in [0, 0.1) is 0 Å². The number of rotatable bonds is 1. The fourth-order valence-corrected chi connectivity index (χ4v) is 1.74. The number of alkyl halides is 6. The molecular formula is C12H6F6O. The van der Waals surface area contributed by atoms with E-state index >= 15 is 0 Å². The molecule has 19 heavy (non-hydrogen) atoms. The maximum atomic E-state index is 12.8. The van der Waals surface area contributed by atoms with Crippen LogP contribution in [0.5, 0.6) is 0 Å². The molecule has 0 unspecified atom stereocenters. The molecule has 0 saturated heterocycles. The van der Waals surface area contributed by atoms with Crippen molar-refractivity contribution in [1.29, 1.82) is 0 Å². The van der Waals surface area contributed by atoms with Crippen LogP contribution in [0.4, 0.5) is 26.3 Å². The second kappa shape index (κ2) is 4.32. The molecule has 7 heteroatoms. The van der Waals surface area contributed by atoms with E-state index in [-0.39, 0.29) is 5.56 Å². The van der Waals surface area contributed by atoms with E-state index in [2.05, 4.69) is 4.42 Å². The molecule has 2 aromatic rings. The highest BCUT2D eigenvalue weighted by Crippen LogP contribution is 2.44. The first kappa shape index (κ1) is 13.5. The SMILES string of the molecule is FC(F)(F)c1cccc(C(F)(F)F)c1-c1ccoc1. The zero-order valence-electron chi connectivity index (χ0n) is 9.14.